The number of carbonyl (C=O) groups excluding carboxylic acids is 1. The SMILES string of the molecule is C=CCSCC(=O)Nc1ccc(Cl)c([N+](=O)[O-])c1. The van der Waals surface area contributed by atoms with Crippen LogP contribution in [0, 0.1) is 10.1 Å². The molecule has 0 fully saturated rings. The second-order valence-electron chi connectivity index (χ2n) is 3.28. The maximum atomic E-state index is 11.5. The number of benzene rings is 1. The topological polar surface area (TPSA) is 72.2 Å². The van der Waals surface area contributed by atoms with Crippen LogP contribution in [0.4, 0.5) is 11.4 Å². The molecule has 7 heteroatoms. The van der Waals surface area contributed by atoms with E-state index >= 15 is 0 Å². The molecule has 0 aliphatic rings. The first-order valence-electron chi connectivity index (χ1n) is 4.97. The molecule has 1 aromatic carbocycles. The average molecular weight is 287 g/mol. The van der Waals surface area contributed by atoms with Gasteiger partial charge in [0.1, 0.15) is 5.02 Å². The van der Waals surface area contributed by atoms with Gasteiger partial charge in [-0.15, -0.1) is 18.3 Å². The highest BCUT2D eigenvalue weighted by Crippen LogP contribution is 2.27. The molecule has 0 saturated heterocycles. The third-order valence-electron chi connectivity index (χ3n) is 1.90. The molecule has 5 nitrogen and oxygen atoms in total. The van der Waals surface area contributed by atoms with Crippen LogP contribution in [0.3, 0.4) is 0 Å². The minimum absolute atomic E-state index is 0.0408. The van der Waals surface area contributed by atoms with Gasteiger partial charge in [-0.1, -0.05) is 17.7 Å². The second-order valence-corrected chi connectivity index (χ2v) is 4.71. The van der Waals surface area contributed by atoms with Gasteiger partial charge in [0, 0.05) is 17.5 Å². The monoisotopic (exact) mass is 286 g/mol. The summed E-state index contributed by atoms with van der Waals surface area (Å²) in [4.78, 5) is 21.6. The third-order valence-corrected chi connectivity index (χ3v) is 3.15. The molecule has 0 bridgehead atoms. The standard InChI is InChI=1S/C11H11ClN2O3S/c1-2-5-18-7-11(15)13-8-3-4-9(12)10(6-8)14(16)17/h2-4,6H,1,5,7H2,(H,13,15). The molecule has 0 saturated carbocycles. The van der Waals surface area contributed by atoms with E-state index in [0.29, 0.717) is 11.4 Å². The van der Waals surface area contributed by atoms with Crippen LogP contribution in [0.5, 0.6) is 0 Å². The fraction of sp³-hybridized carbons (Fsp3) is 0.182. The molecule has 1 aromatic rings. The molecule has 1 amide bonds. The van der Waals surface area contributed by atoms with E-state index in [2.05, 4.69) is 11.9 Å². The first-order chi connectivity index (χ1) is 8.54. The molecule has 18 heavy (non-hydrogen) atoms. The summed E-state index contributed by atoms with van der Waals surface area (Å²) in [5.74, 6) is 0.717. The normalized spacial score (nSPS) is 9.83. The molecule has 0 unspecified atom stereocenters. The molecule has 96 valence electrons. The molecule has 0 aliphatic carbocycles. The fourth-order valence-corrected chi connectivity index (χ4v) is 1.89. The second kappa shape index (κ2) is 7.03. The number of hydrogen-bond acceptors (Lipinski definition) is 4. The Bertz CT molecular complexity index is 479. The molecule has 0 heterocycles. The van der Waals surface area contributed by atoms with Crippen LogP contribution in [0.2, 0.25) is 5.02 Å². The van der Waals surface area contributed by atoms with Crippen molar-refractivity contribution < 1.29 is 9.72 Å². The van der Waals surface area contributed by atoms with Crippen molar-refractivity contribution in [1.82, 2.24) is 0 Å². The van der Waals surface area contributed by atoms with Crippen molar-refractivity contribution in [2.75, 3.05) is 16.8 Å². The van der Waals surface area contributed by atoms with Gasteiger partial charge in [0.05, 0.1) is 10.7 Å². The van der Waals surface area contributed by atoms with Crippen molar-refractivity contribution in [2.24, 2.45) is 0 Å². The summed E-state index contributed by atoms with van der Waals surface area (Å²) in [6, 6.07) is 4.13. The molecule has 0 atom stereocenters. The summed E-state index contributed by atoms with van der Waals surface area (Å²) in [7, 11) is 0. The highest BCUT2D eigenvalue weighted by atomic mass is 35.5. The Hall–Kier alpha value is -1.53. The Morgan fingerprint density at radius 3 is 2.94 bits per heavy atom. The lowest BCUT2D eigenvalue weighted by Gasteiger charge is -2.05. The van der Waals surface area contributed by atoms with Crippen LogP contribution in [-0.4, -0.2) is 22.3 Å². The number of nitro groups is 1. The lowest BCUT2D eigenvalue weighted by atomic mass is 10.3. The van der Waals surface area contributed by atoms with Gasteiger partial charge < -0.3 is 5.32 Å². The van der Waals surface area contributed by atoms with Crippen molar-refractivity contribution in [3.05, 3.63) is 46.0 Å². The zero-order chi connectivity index (χ0) is 13.5. The van der Waals surface area contributed by atoms with E-state index in [4.69, 9.17) is 11.6 Å². The van der Waals surface area contributed by atoms with Crippen LogP contribution >= 0.6 is 23.4 Å². The maximum Gasteiger partial charge on any atom is 0.289 e. The Kier molecular flexibility index (Phi) is 5.67. The first kappa shape index (κ1) is 14.5. The molecule has 0 aliphatic heterocycles. The quantitative estimate of drug-likeness (QED) is 0.377. The van der Waals surface area contributed by atoms with Crippen LogP contribution in [0.1, 0.15) is 0 Å². The smallest absolute Gasteiger partial charge is 0.289 e. The van der Waals surface area contributed by atoms with E-state index in [-0.39, 0.29) is 22.4 Å². The van der Waals surface area contributed by atoms with E-state index in [0.717, 1.165) is 0 Å². The van der Waals surface area contributed by atoms with Gasteiger partial charge in [-0.05, 0) is 12.1 Å². The zero-order valence-corrected chi connectivity index (χ0v) is 11.0. The Labute approximate surface area is 113 Å². The molecule has 1 N–H and O–H groups in total. The average Bonchev–Trinajstić information content (AvgIpc) is 2.31. The number of nitro benzene ring substituents is 1. The number of nitrogens with one attached hydrogen (secondary N) is 1. The largest absolute Gasteiger partial charge is 0.325 e. The summed E-state index contributed by atoms with van der Waals surface area (Å²) in [5, 5.41) is 13.3. The third kappa shape index (κ3) is 4.38. The number of anilines is 1. The zero-order valence-electron chi connectivity index (χ0n) is 9.39. The highest BCUT2D eigenvalue weighted by Gasteiger charge is 2.13. The Morgan fingerprint density at radius 2 is 2.33 bits per heavy atom. The number of amides is 1. The minimum Gasteiger partial charge on any atom is -0.325 e. The molecule has 0 radical (unpaired) electrons. The Morgan fingerprint density at radius 1 is 1.61 bits per heavy atom. The molecule has 0 spiro atoms. The minimum atomic E-state index is -0.593. The van der Waals surface area contributed by atoms with Crippen molar-refractivity contribution in [1.29, 1.82) is 0 Å². The predicted molar refractivity (Wildman–Crippen MR) is 74.3 cm³/mol. The molecule has 0 aromatic heterocycles. The predicted octanol–water partition coefficient (Wildman–Crippen LogP) is 3.11. The highest BCUT2D eigenvalue weighted by molar-refractivity contribution is 8.00. The van der Waals surface area contributed by atoms with Gasteiger partial charge in [-0.25, -0.2) is 0 Å². The van der Waals surface area contributed by atoms with E-state index in [1.807, 2.05) is 0 Å². The van der Waals surface area contributed by atoms with E-state index in [1.165, 1.54) is 30.0 Å². The summed E-state index contributed by atoms with van der Waals surface area (Å²) in [5.41, 5.74) is 0.128. The summed E-state index contributed by atoms with van der Waals surface area (Å²) in [6.45, 7) is 3.54. The number of carbonyl (C=O) groups is 1. The summed E-state index contributed by atoms with van der Waals surface area (Å²) < 4.78 is 0. The molecular formula is C11H11ClN2O3S. The summed E-state index contributed by atoms with van der Waals surface area (Å²) >= 11 is 7.06. The van der Waals surface area contributed by atoms with Crippen molar-refractivity contribution >= 4 is 40.6 Å². The number of hydrogen-bond donors (Lipinski definition) is 1. The molecular weight excluding hydrogens is 276 g/mol. The van der Waals surface area contributed by atoms with E-state index in [9.17, 15) is 14.9 Å². The van der Waals surface area contributed by atoms with Gasteiger partial charge in [-0.3, -0.25) is 14.9 Å². The van der Waals surface area contributed by atoms with Gasteiger partial charge in [0.25, 0.3) is 5.69 Å². The molecule has 1 rings (SSSR count). The van der Waals surface area contributed by atoms with Gasteiger partial charge in [0.2, 0.25) is 5.91 Å². The van der Waals surface area contributed by atoms with Crippen LogP contribution < -0.4 is 5.32 Å². The fourth-order valence-electron chi connectivity index (χ4n) is 1.16. The van der Waals surface area contributed by atoms with Crippen molar-refractivity contribution in [3.63, 3.8) is 0 Å². The van der Waals surface area contributed by atoms with Crippen molar-refractivity contribution in [3.8, 4) is 0 Å². The van der Waals surface area contributed by atoms with E-state index in [1.54, 1.807) is 6.08 Å². The van der Waals surface area contributed by atoms with Crippen LogP contribution in [0.15, 0.2) is 30.9 Å². The Balaban J connectivity index is 2.67. The van der Waals surface area contributed by atoms with Crippen LogP contribution in [0.25, 0.3) is 0 Å². The van der Waals surface area contributed by atoms with E-state index < -0.39 is 4.92 Å². The lowest BCUT2D eigenvalue weighted by molar-refractivity contribution is -0.384. The van der Waals surface area contributed by atoms with Gasteiger partial charge in [-0.2, -0.15) is 0 Å². The first-order valence-corrected chi connectivity index (χ1v) is 6.50. The number of halogens is 1. The number of rotatable bonds is 6. The van der Waals surface area contributed by atoms with Crippen LogP contribution in [-0.2, 0) is 4.79 Å². The van der Waals surface area contributed by atoms with Gasteiger partial charge >= 0.3 is 0 Å². The maximum absolute atomic E-state index is 11.5. The number of nitrogens with zero attached hydrogens (tertiary/aromatic N) is 1. The summed E-state index contributed by atoms with van der Waals surface area (Å²) in [6.07, 6.45) is 1.70. The lowest BCUT2D eigenvalue weighted by Crippen LogP contribution is -2.14. The number of thioether (sulfide) groups is 1. The van der Waals surface area contributed by atoms with Crippen molar-refractivity contribution in [2.45, 2.75) is 0 Å². The van der Waals surface area contributed by atoms with Gasteiger partial charge in [0.15, 0.2) is 0 Å².